The fourth-order valence-corrected chi connectivity index (χ4v) is 4.59. The molecule has 0 saturated carbocycles. The zero-order chi connectivity index (χ0) is 27.4. The second-order valence-corrected chi connectivity index (χ2v) is 11.0. The lowest BCUT2D eigenvalue weighted by atomic mass is 9.92. The van der Waals surface area contributed by atoms with Gasteiger partial charge in [0.1, 0.15) is 11.6 Å². The van der Waals surface area contributed by atoms with Crippen molar-refractivity contribution in [2.45, 2.75) is 45.6 Å². The maximum absolute atomic E-state index is 13.4. The minimum Gasteiger partial charge on any atom is -0.491 e. The first kappa shape index (κ1) is 26.7. The van der Waals surface area contributed by atoms with Gasteiger partial charge >= 0.3 is 6.03 Å². The van der Waals surface area contributed by atoms with E-state index >= 15 is 0 Å². The number of carbonyl (C=O) groups is 1. The van der Waals surface area contributed by atoms with Gasteiger partial charge in [-0.25, -0.2) is 9.48 Å². The summed E-state index contributed by atoms with van der Waals surface area (Å²) in [5, 5.41) is 16.2. The van der Waals surface area contributed by atoms with Gasteiger partial charge in [-0.3, -0.25) is 5.32 Å². The highest BCUT2D eigenvalue weighted by atomic mass is 16.5. The maximum atomic E-state index is 13.4. The number of amides is 2. The normalized spacial score (nSPS) is 15.7. The Hall–Kier alpha value is -3.88. The van der Waals surface area contributed by atoms with E-state index in [1.807, 2.05) is 73.7 Å². The van der Waals surface area contributed by atoms with Crippen molar-refractivity contribution >= 4 is 28.3 Å². The van der Waals surface area contributed by atoms with E-state index in [4.69, 9.17) is 14.6 Å². The number of hydrogen-bond acceptors (Lipinski definition) is 5. The van der Waals surface area contributed by atoms with Gasteiger partial charge in [-0.05, 0) is 30.5 Å². The number of urea groups is 1. The summed E-state index contributed by atoms with van der Waals surface area (Å²) in [6.45, 7) is 11.3. The zero-order valence-corrected chi connectivity index (χ0v) is 23.1. The number of fused-ring (bicyclic) bond motifs is 1. The van der Waals surface area contributed by atoms with Crippen molar-refractivity contribution in [3.63, 3.8) is 0 Å². The fourth-order valence-electron chi connectivity index (χ4n) is 4.59. The molecule has 1 atom stereocenters. The average Bonchev–Trinajstić information content (AvgIpc) is 3.35. The molecule has 39 heavy (non-hydrogen) atoms. The molecule has 3 aromatic carbocycles. The highest BCUT2D eigenvalue weighted by molar-refractivity contribution is 6.08. The topological polar surface area (TPSA) is 89.4 Å². The molecule has 0 bridgehead atoms. The molecule has 2 heterocycles. The number of aromatic nitrogens is 2. The van der Waals surface area contributed by atoms with Crippen molar-refractivity contribution in [1.29, 1.82) is 0 Å². The summed E-state index contributed by atoms with van der Waals surface area (Å²) in [6.07, 6.45) is 0.884. The van der Waals surface area contributed by atoms with Crippen LogP contribution in [0.15, 0.2) is 66.7 Å². The predicted octanol–water partition coefficient (Wildman–Crippen LogP) is 6.03. The van der Waals surface area contributed by atoms with Crippen LogP contribution in [0.3, 0.4) is 0 Å². The first-order valence-corrected chi connectivity index (χ1v) is 13.5. The van der Waals surface area contributed by atoms with Crippen molar-refractivity contribution in [1.82, 2.24) is 15.1 Å². The minimum absolute atomic E-state index is 0.123. The van der Waals surface area contributed by atoms with E-state index in [0.717, 1.165) is 47.2 Å². The van der Waals surface area contributed by atoms with Gasteiger partial charge in [-0.15, -0.1) is 0 Å². The van der Waals surface area contributed by atoms with Crippen LogP contribution in [-0.2, 0) is 10.2 Å². The molecule has 1 unspecified atom stereocenters. The van der Waals surface area contributed by atoms with Crippen LogP contribution in [0, 0.1) is 6.92 Å². The molecule has 1 aromatic heterocycles. The number of anilines is 2. The van der Waals surface area contributed by atoms with Crippen molar-refractivity contribution in [2.75, 3.05) is 36.9 Å². The number of carbonyl (C=O) groups excluding carboxylic acids is 1. The van der Waals surface area contributed by atoms with E-state index in [1.165, 1.54) is 0 Å². The van der Waals surface area contributed by atoms with Gasteiger partial charge in [0.2, 0.25) is 0 Å². The summed E-state index contributed by atoms with van der Waals surface area (Å²) in [5.41, 5.74) is 3.36. The lowest BCUT2D eigenvalue weighted by molar-refractivity contribution is 0.0159. The summed E-state index contributed by atoms with van der Waals surface area (Å²) in [5.74, 6) is 1.21. The van der Waals surface area contributed by atoms with Gasteiger partial charge in [0.25, 0.3) is 0 Å². The van der Waals surface area contributed by atoms with Crippen LogP contribution in [0.1, 0.15) is 38.4 Å². The van der Waals surface area contributed by atoms with E-state index in [0.29, 0.717) is 30.5 Å². The highest BCUT2D eigenvalue weighted by Crippen LogP contribution is 2.34. The molecule has 8 nitrogen and oxygen atoms in total. The van der Waals surface area contributed by atoms with Crippen molar-refractivity contribution in [3.8, 4) is 11.4 Å². The second kappa shape index (κ2) is 11.5. The van der Waals surface area contributed by atoms with E-state index in [2.05, 4.69) is 36.7 Å². The molecule has 0 spiro atoms. The van der Waals surface area contributed by atoms with Gasteiger partial charge in [-0.2, -0.15) is 5.10 Å². The summed E-state index contributed by atoms with van der Waals surface area (Å²) in [6, 6.07) is 21.5. The molecule has 1 saturated heterocycles. The van der Waals surface area contributed by atoms with Crippen LogP contribution in [0.4, 0.5) is 16.3 Å². The summed E-state index contributed by atoms with van der Waals surface area (Å²) < 4.78 is 13.8. The maximum Gasteiger partial charge on any atom is 0.324 e. The molecule has 0 radical (unpaired) electrons. The molecule has 1 aliphatic heterocycles. The van der Waals surface area contributed by atoms with E-state index in [1.54, 1.807) is 4.68 Å². The first-order chi connectivity index (χ1) is 18.8. The monoisotopic (exact) mass is 527 g/mol. The quantitative estimate of drug-likeness (QED) is 0.273. The number of aryl methyl sites for hydroxylation is 1. The number of nitrogens with zero attached hydrogens (tertiary/aromatic N) is 2. The predicted molar refractivity (Wildman–Crippen MR) is 156 cm³/mol. The molecule has 1 fully saturated rings. The van der Waals surface area contributed by atoms with Gasteiger partial charge in [-0.1, -0.05) is 68.8 Å². The van der Waals surface area contributed by atoms with Crippen LogP contribution in [0.2, 0.25) is 0 Å². The molecule has 204 valence electrons. The van der Waals surface area contributed by atoms with Crippen molar-refractivity contribution in [3.05, 3.63) is 78.0 Å². The van der Waals surface area contributed by atoms with Gasteiger partial charge in [0.05, 0.1) is 36.4 Å². The summed E-state index contributed by atoms with van der Waals surface area (Å²) >= 11 is 0. The third-order valence-electron chi connectivity index (χ3n) is 6.83. The fraction of sp³-hybridized carbons (Fsp3) is 0.355. The number of rotatable bonds is 7. The second-order valence-electron chi connectivity index (χ2n) is 11.0. The number of morpholine rings is 1. The Bertz CT molecular complexity index is 1430. The SMILES string of the molecule is Cc1ccc(-n2nc(C(C)(C)C)cc2NC(=O)Nc2c(OCCC3CNCCO3)ccc3ccccc23)cc1. The standard InChI is InChI=1S/C31H37N5O3/c1-21-9-12-23(13-10-21)36-28(19-27(35-36)31(2,3)4)33-30(37)34-29-25-8-6-5-7-22(25)11-14-26(29)39-17-15-24-20-32-16-18-38-24/h5-14,19,24,32H,15-18,20H2,1-4H3,(H2,33,34,37). The molecule has 1 aliphatic rings. The first-order valence-electron chi connectivity index (χ1n) is 13.5. The number of nitrogens with one attached hydrogen (secondary N) is 3. The van der Waals surface area contributed by atoms with Crippen molar-refractivity contribution in [2.24, 2.45) is 0 Å². The molecular weight excluding hydrogens is 490 g/mol. The van der Waals surface area contributed by atoms with Crippen LogP contribution < -0.4 is 20.7 Å². The smallest absolute Gasteiger partial charge is 0.324 e. The van der Waals surface area contributed by atoms with Crippen LogP contribution in [-0.4, -0.2) is 48.2 Å². The van der Waals surface area contributed by atoms with Crippen molar-refractivity contribution < 1.29 is 14.3 Å². The van der Waals surface area contributed by atoms with Crippen LogP contribution in [0.5, 0.6) is 5.75 Å². The Morgan fingerprint density at radius 2 is 1.90 bits per heavy atom. The van der Waals surface area contributed by atoms with Gasteiger partial charge in [0.15, 0.2) is 0 Å². The zero-order valence-electron chi connectivity index (χ0n) is 23.1. The molecule has 4 aromatic rings. The molecule has 0 aliphatic carbocycles. The Balaban J connectivity index is 1.39. The third-order valence-corrected chi connectivity index (χ3v) is 6.83. The molecular formula is C31H37N5O3. The van der Waals surface area contributed by atoms with E-state index < -0.39 is 0 Å². The Labute approximate surface area is 229 Å². The number of benzene rings is 3. The molecule has 5 rings (SSSR count). The van der Waals surface area contributed by atoms with Crippen LogP contribution >= 0.6 is 0 Å². The molecule has 3 N–H and O–H groups in total. The number of hydrogen-bond donors (Lipinski definition) is 3. The molecule has 8 heteroatoms. The Kier molecular flexibility index (Phi) is 7.86. The largest absolute Gasteiger partial charge is 0.491 e. The summed E-state index contributed by atoms with van der Waals surface area (Å²) in [4.78, 5) is 13.4. The lowest BCUT2D eigenvalue weighted by Crippen LogP contribution is -2.39. The molecule has 2 amide bonds. The lowest BCUT2D eigenvalue weighted by Gasteiger charge is -2.24. The highest BCUT2D eigenvalue weighted by Gasteiger charge is 2.22. The van der Waals surface area contributed by atoms with Gasteiger partial charge in [0, 0.05) is 36.4 Å². The summed E-state index contributed by atoms with van der Waals surface area (Å²) in [7, 11) is 0. The van der Waals surface area contributed by atoms with Gasteiger partial charge < -0.3 is 20.1 Å². The Morgan fingerprint density at radius 3 is 2.64 bits per heavy atom. The average molecular weight is 528 g/mol. The van der Waals surface area contributed by atoms with E-state index in [9.17, 15) is 4.79 Å². The number of ether oxygens (including phenoxy) is 2. The third kappa shape index (κ3) is 6.41. The van der Waals surface area contributed by atoms with E-state index in [-0.39, 0.29) is 17.6 Å². The minimum atomic E-state index is -0.371. The Morgan fingerprint density at radius 1 is 1.10 bits per heavy atom. The van der Waals surface area contributed by atoms with Crippen LogP contribution in [0.25, 0.3) is 16.5 Å².